The van der Waals surface area contributed by atoms with E-state index in [1.54, 1.807) is 0 Å². The Morgan fingerprint density at radius 3 is 2.89 bits per heavy atom. The first kappa shape index (κ1) is 13.5. The number of phenolic OH excluding ortho intramolecular Hbond substituents is 1. The summed E-state index contributed by atoms with van der Waals surface area (Å²) in [5, 5.41) is 12.1. The molecule has 1 aliphatic rings. The molecule has 1 amide bonds. The summed E-state index contributed by atoms with van der Waals surface area (Å²) in [5.41, 5.74) is 0.0579. The van der Waals surface area contributed by atoms with Crippen molar-refractivity contribution >= 4 is 5.91 Å². The summed E-state index contributed by atoms with van der Waals surface area (Å²) >= 11 is 0. The van der Waals surface area contributed by atoms with E-state index < -0.39 is 12.5 Å². The van der Waals surface area contributed by atoms with Gasteiger partial charge in [-0.1, -0.05) is 0 Å². The normalized spacial score (nSPS) is 18.6. The van der Waals surface area contributed by atoms with E-state index in [9.17, 15) is 18.7 Å². The summed E-state index contributed by atoms with van der Waals surface area (Å²) < 4.78 is 33.4. The van der Waals surface area contributed by atoms with Gasteiger partial charge in [0.2, 0.25) is 0 Å². The van der Waals surface area contributed by atoms with Gasteiger partial charge in [0.25, 0.3) is 5.91 Å². The second-order valence-electron chi connectivity index (χ2n) is 4.13. The van der Waals surface area contributed by atoms with Crippen LogP contribution in [0.15, 0.2) is 18.2 Å². The molecular formula is C12H13F2NO4. The van der Waals surface area contributed by atoms with E-state index in [1.807, 2.05) is 0 Å². The van der Waals surface area contributed by atoms with Crippen LogP contribution in [0.4, 0.5) is 8.78 Å². The SMILES string of the molecule is O=C(NC1CCOC1)c1cc(O)cc(OC(F)F)c1. The Morgan fingerprint density at radius 2 is 2.26 bits per heavy atom. The number of rotatable bonds is 4. The van der Waals surface area contributed by atoms with Crippen LogP contribution in [0.25, 0.3) is 0 Å². The minimum Gasteiger partial charge on any atom is -0.508 e. The molecule has 19 heavy (non-hydrogen) atoms. The molecule has 1 aromatic carbocycles. The van der Waals surface area contributed by atoms with Crippen LogP contribution in [0, 0.1) is 0 Å². The third-order valence-corrected chi connectivity index (χ3v) is 2.64. The summed E-state index contributed by atoms with van der Waals surface area (Å²) in [6.45, 7) is -2.02. The molecule has 1 saturated heterocycles. The summed E-state index contributed by atoms with van der Waals surface area (Å²) in [6, 6.07) is 3.25. The topological polar surface area (TPSA) is 67.8 Å². The number of aromatic hydroxyl groups is 1. The molecular weight excluding hydrogens is 260 g/mol. The number of carbonyl (C=O) groups is 1. The number of ether oxygens (including phenoxy) is 2. The summed E-state index contributed by atoms with van der Waals surface area (Å²) in [6.07, 6.45) is 0.699. The Hall–Kier alpha value is -1.89. The standard InChI is InChI=1S/C12H13F2NO4/c13-12(14)19-10-4-7(3-9(16)5-10)11(17)15-8-1-2-18-6-8/h3-5,8,12,16H,1-2,6H2,(H,15,17). The van der Waals surface area contributed by atoms with Crippen molar-refractivity contribution < 1.29 is 28.2 Å². The van der Waals surface area contributed by atoms with Gasteiger partial charge in [0.05, 0.1) is 12.6 Å². The van der Waals surface area contributed by atoms with E-state index in [0.29, 0.717) is 19.6 Å². The van der Waals surface area contributed by atoms with Gasteiger partial charge in [-0.3, -0.25) is 4.79 Å². The number of amides is 1. The largest absolute Gasteiger partial charge is 0.508 e. The van der Waals surface area contributed by atoms with Crippen molar-refractivity contribution in [2.45, 2.75) is 19.1 Å². The highest BCUT2D eigenvalue weighted by Crippen LogP contribution is 2.23. The summed E-state index contributed by atoms with van der Waals surface area (Å²) in [4.78, 5) is 11.9. The van der Waals surface area contributed by atoms with E-state index in [1.165, 1.54) is 6.07 Å². The smallest absolute Gasteiger partial charge is 0.387 e. The van der Waals surface area contributed by atoms with Gasteiger partial charge < -0.3 is 19.9 Å². The summed E-state index contributed by atoms with van der Waals surface area (Å²) in [5.74, 6) is -1.04. The predicted octanol–water partition coefficient (Wildman–Crippen LogP) is 1.51. The van der Waals surface area contributed by atoms with Crippen LogP contribution >= 0.6 is 0 Å². The zero-order valence-corrected chi connectivity index (χ0v) is 9.94. The number of nitrogens with one attached hydrogen (secondary N) is 1. The van der Waals surface area contributed by atoms with E-state index >= 15 is 0 Å². The van der Waals surface area contributed by atoms with Crippen molar-refractivity contribution in [3.05, 3.63) is 23.8 Å². The molecule has 1 aromatic rings. The maximum absolute atomic E-state index is 12.1. The van der Waals surface area contributed by atoms with Gasteiger partial charge in [-0.05, 0) is 18.6 Å². The number of carbonyl (C=O) groups excluding carboxylic acids is 1. The van der Waals surface area contributed by atoms with Gasteiger partial charge in [-0.15, -0.1) is 0 Å². The highest BCUT2D eigenvalue weighted by atomic mass is 19.3. The number of hydrogen-bond donors (Lipinski definition) is 2. The number of phenols is 1. The minimum atomic E-state index is -3.01. The monoisotopic (exact) mass is 273 g/mol. The lowest BCUT2D eigenvalue weighted by atomic mass is 10.1. The molecule has 0 aromatic heterocycles. The molecule has 0 saturated carbocycles. The Bertz CT molecular complexity index is 461. The molecule has 0 bridgehead atoms. The fourth-order valence-corrected chi connectivity index (χ4v) is 1.80. The molecule has 104 valence electrons. The fraction of sp³-hybridized carbons (Fsp3) is 0.417. The Kier molecular flexibility index (Phi) is 4.16. The number of benzene rings is 1. The minimum absolute atomic E-state index is 0.0579. The van der Waals surface area contributed by atoms with Gasteiger partial charge in [0, 0.05) is 18.2 Å². The molecule has 2 rings (SSSR count). The Morgan fingerprint density at radius 1 is 1.47 bits per heavy atom. The van der Waals surface area contributed by atoms with Crippen molar-refractivity contribution in [1.82, 2.24) is 5.32 Å². The maximum Gasteiger partial charge on any atom is 0.387 e. The van der Waals surface area contributed by atoms with Crippen molar-refractivity contribution in [2.75, 3.05) is 13.2 Å². The third-order valence-electron chi connectivity index (χ3n) is 2.64. The van der Waals surface area contributed by atoms with Crippen LogP contribution in [-0.4, -0.2) is 36.9 Å². The average molecular weight is 273 g/mol. The number of alkyl halides is 2. The van der Waals surface area contributed by atoms with Crippen molar-refractivity contribution in [1.29, 1.82) is 0 Å². The zero-order valence-electron chi connectivity index (χ0n) is 9.94. The van der Waals surface area contributed by atoms with E-state index in [-0.39, 0.29) is 23.1 Å². The number of hydrogen-bond acceptors (Lipinski definition) is 4. The molecule has 1 aliphatic heterocycles. The molecule has 5 nitrogen and oxygen atoms in total. The van der Waals surface area contributed by atoms with E-state index in [4.69, 9.17) is 4.74 Å². The maximum atomic E-state index is 12.1. The second kappa shape index (κ2) is 5.83. The first-order chi connectivity index (χ1) is 9.04. The lowest BCUT2D eigenvalue weighted by Gasteiger charge is -2.12. The molecule has 1 atom stereocenters. The highest BCUT2D eigenvalue weighted by Gasteiger charge is 2.19. The van der Waals surface area contributed by atoms with Crippen LogP contribution in [0.3, 0.4) is 0 Å². The molecule has 1 heterocycles. The van der Waals surface area contributed by atoms with Crippen molar-refractivity contribution in [2.24, 2.45) is 0 Å². The van der Waals surface area contributed by atoms with Crippen LogP contribution in [0.2, 0.25) is 0 Å². The van der Waals surface area contributed by atoms with Crippen LogP contribution in [0.1, 0.15) is 16.8 Å². The Labute approximate surface area is 108 Å². The predicted molar refractivity (Wildman–Crippen MR) is 61.4 cm³/mol. The highest BCUT2D eigenvalue weighted by molar-refractivity contribution is 5.95. The van der Waals surface area contributed by atoms with Crippen LogP contribution in [-0.2, 0) is 4.74 Å². The molecule has 0 spiro atoms. The van der Waals surface area contributed by atoms with Gasteiger partial charge in [-0.25, -0.2) is 0 Å². The number of halogens is 2. The van der Waals surface area contributed by atoms with Crippen LogP contribution < -0.4 is 10.1 Å². The van der Waals surface area contributed by atoms with Gasteiger partial charge >= 0.3 is 6.61 Å². The van der Waals surface area contributed by atoms with Crippen molar-refractivity contribution in [3.63, 3.8) is 0 Å². The molecule has 1 unspecified atom stereocenters. The van der Waals surface area contributed by atoms with Gasteiger partial charge in [-0.2, -0.15) is 8.78 Å². The van der Waals surface area contributed by atoms with Gasteiger partial charge in [0.15, 0.2) is 0 Å². The van der Waals surface area contributed by atoms with Crippen molar-refractivity contribution in [3.8, 4) is 11.5 Å². The van der Waals surface area contributed by atoms with Crippen LogP contribution in [0.5, 0.6) is 11.5 Å². The molecule has 7 heteroatoms. The molecule has 1 fully saturated rings. The fourth-order valence-electron chi connectivity index (χ4n) is 1.80. The lowest BCUT2D eigenvalue weighted by Crippen LogP contribution is -2.34. The van der Waals surface area contributed by atoms with E-state index in [2.05, 4.69) is 10.1 Å². The molecule has 2 N–H and O–H groups in total. The first-order valence-corrected chi connectivity index (χ1v) is 5.72. The zero-order chi connectivity index (χ0) is 13.8. The summed E-state index contributed by atoms with van der Waals surface area (Å²) in [7, 11) is 0. The van der Waals surface area contributed by atoms with Gasteiger partial charge in [0.1, 0.15) is 11.5 Å². The quantitative estimate of drug-likeness (QED) is 0.872. The lowest BCUT2D eigenvalue weighted by molar-refractivity contribution is -0.0499. The molecule has 0 aliphatic carbocycles. The first-order valence-electron chi connectivity index (χ1n) is 5.72. The second-order valence-corrected chi connectivity index (χ2v) is 4.13. The third kappa shape index (κ3) is 3.78. The average Bonchev–Trinajstić information content (AvgIpc) is 2.80. The van der Waals surface area contributed by atoms with E-state index in [0.717, 1.165) is 12.1 Å². The molecule has 0 radical (unpaired) electrons. The Balaban J connectivity index is 2.09.